The second-order valence-corrected chi connectivity index (χ2v) is 5.91. The highest BCUT2D eigenvalue weighted by atomic mass is 19.1. The van der Waals surface area contributed by atoms with Crippen molar-refractivity contribution in [2.45, 2.75) is 0 Å². The maximum Gasteiger partial charge on any atom is 0.246 e. The number of halogens is 2. The maximum atomic E-state index is 14.0. The Morgan fingerprint density at radius 2 is 1.69 bits per heavy atom. The van der Waals surface area contributed by atoms with Crippen molar-refractivity contribution in [3.63, 3.8) is 0 Å². The van der Waals surface area contributed by atoms with E-state index in [0.717, 1.165) is 18.8 Å². The Labute approximate surface area is 149 Å². The van der Waals surface area contributed by atoms with Gasteiger partial charge in [0.1, 0.15) is 18.0 Å². The van der Waals surface area contributed by atoms with E-state index in [-0.39, 0.29) is 11.6 Å². The number of hydrogen-bond donors (Lipinski definition) is 1. The van der Waals surface area contributed by atoms with E-state index in [9.17, 15) is 8.78 Å². The van der Waals surface area contributed by atoms with Gasteiger partial charge in [0.05, 0.1) is 18.9 Å². The summed E-state index contributed by atoms with van der Waals surface area (Å²) in [5.41, 5.74) is 2.03. The van der Waals surface area contributed by atoms with Crippen molar-refractivity contribution < 1.29 is 13.5 Å². The van der Waals surface area contributed by atoms with E-state index in [1.807, 2.05) is 6.07 Å². The molecule has 0 spiro atoms. The normalized spacial score (nSPS) is 14.5. The number of morpholine rings is 1. The Morgan fingerprint density at radius 1 is 0.923 bits per heavy atom. The predicted octanol–water partition coefficient (Wildman–Crippen LogP) is 3.13. The Morgan fingerprint density at radius 3 is 2.46 bits per heavy atom. The van der Waals surface area contributed by atoms with Crippen molar-refractivity contribution in [2.24, 2.45) is 0 Å². The quantitative estimate of drug-likeness (QED) is 0.778. The molecule has 1 aliphatic rings. The molecule has 0 radical (unpaired) electrons. The molecule has 0 atom stereocenters. The van der Waals surface area contributed by atoms with Gasteiger partial charge in [0.2, 0.25) is 5.95 Å². The molecule has 2 heterocycles. The lowest BCUT2D eigenvalue weighted by Gasteiger charge is -2.29. The number of rotatable bonds is 4. The van der Waals surface area contributed by atoms with Crippen LogP contribution in [0.5, 0.6) is 0 Å². The molecule has 134 valence electrons. The first-order valence-corrected chi connectivity index (χ1v) is 8.25. The van der Waals surface area contributed by atoms with Gasteiger partial charge < -0.3 is 15.0 Å². The fourth-order valence-corrected chi connectivity index (χ4v) is 2.82. The Kier molecular flexibility index (Phi) is 4.49. The van der Waals surface area contributed by atoms with E-state index in [4.69, 9.17) is 4.74 Å². The molecule has 8 heteroatoms. The molecule has 0 saturated carbocycles. The number of aromatic nitrogens is 3. The first kappa shape index (κ1) is 16.5. The highest BCUT2D eigenvalue weighted by Crippen LogP contribution is 2.24. The molecule has 3 aromatic rings. The topological polar surface area (TPSA) is 55.2 Å². The number of benzene rings is 2. The van der Waals surface area contributed by atoms with Gasteiger partial charge >= 0.3 is 0 Å². The van der Waals surface area contributed by atoms with Crippen LogP contribution in [0, 0.1) is 11.6 Å². The highest BCUT2D eigenvalue weighted by Gasteiger charge is 2.13. The molecule has 1 aliphatic heterocycles. The standard InChI is InChI=1S/C18H17F2N5O/c19-13-1-3-16(4-2-13)25-12-21-18(23-25)22-15-9-14(20)10-17(11-15)24-5-7-26-8-6-24/h1-4,9-12H,5-8H2,(H,22,23). The highest BCUT2D eigenvalue weighted by molar-refractivity contribution is 5.62. The van der Waals surface area contributed by atoms with Crippen LogP contribution in [-0.2, 0) is 4.74 Å². The van der Waals surface area contributed by atoms with Gasteiger partial charge in [-0.2, -0.15) is 4.98 Å². The first-order valence-electron chi connectivity index (χ1n) is 8.25. The second kappa shape index (κ2) is 7.09. The molecule has 0 bridgehead atoms. The van der Waals surface area contributed by atoms with Crippen LogP contribution in [0.2, 0.25) is 0 Å². The smallest absolute Gasteiger partial charge is 0.246 e. The summed E-state index contributed by atoms with van der Waals surface area (Å²) in [6.45, 7) is 2.70. The van der Waals surface area contributed by atoms with Crippen molar-refractivity contribution in [1.29, 1.82) is 0 Å². The zero-order valence-electron chi connectivity index (χ0n) is 13.9. The van der Waals surface area contributed by atoms with Gasteiger partial charge in [-0.25, -0.2) is 13.5 Å². The van der Waals surface area contributed by atoms with E-state index in [1.165, 1.54) is 35.3 Å². The van der Waals surface area contributed by atoms with Gasteiger partial charge in [0.15, 0.2) is 0 Å². The van der Waals surface area contributed by atoms with Crippen molar-refractivity contribution in [2.75, 3.05) is 36.5 Å². The average molecular weight is 357 g/mol. The summed E-state index contributed by atoms with van der Waals surface area (Å²) in [4.78, 5) is 6.24. The fraction of sp³-hybridized carbons (Fsp3) is 0.222. The summed E-state index contributed by atoms with van der Waals surface area (Å²) in [5, 5.41) is 7.30. The van der Waals surface area contributed by atoms with Crippen LogP contribution in [0.15, 0.2) is 48.8 Å². The number of anilines is 3. The molecule has 0 aliphatic carbocycles. The zero-order chi connectivity index (χ0) is 17.9. The molecule has 1 N–H and O–H groups in total. The lowest BCUT2D eigenvalue weighted by Crippen LogP contribution is -2.36. The molecule has 1 saturated heterocycles. The lowest BCUT2D eigenvalue weighted by molar-refractivity contribution is 0.122. The summed E-state index contributed by atoms with van der Waals surface area (Å²) >= 11 is 0. The minimum atomic E-state index is -0.338. The van der Waals surface area contributed by atoms with E-state index in [1.54, 1.807) is 12.1 Å². The number of nitrogens with one attached hydrogen (secondary N) is 1. The van der Waals surface area contributed by atoms with Crippen molar-refractivity contribution in [3.8, 4) is 5.69 Å². The third-order valence-corrected chi connectivity index (χ3v) is 4.10. The summed E-state index contributed by atoms with van der Waals surface area (Å²) in [6, 6.07) is 10.7. The summed E-state index contributed by atoms with van der Waals surface area (Å²) in [7, 11) is 0. The fourth-order valence-electron chi connectivity index (χ4n) is 2.82. The predicted molar refractivity (Wildman–Crippen MR) is 94.0 cm³/mol. The molecule has 1 fully saturated rings. The van der Waals surface area contributed by atoms with E-state index in [0.29, 0.717) is 30.5 Å². The van der Waals surface area contributed by atoms with Crippen LogP contribution in [-0.4, -0.2) is 41.1 Å². The van der Waals surface area contributed by atoms with Gasteiger partial charge in [-0.3, -0.25) is 0 Å². The van der Waals surface area contributed by atoms with Crippen molar-refractivity contribution in [1.82, 2.24) is 14.8 Å². The largest absolute Gasteiger partial charge is 0.378 e. The minimum Gasteiger partial charge on any atom is -0.378 e. The van der Waals surface area contributed by atoms with Gasteiger partial charge in [-0.05, 0) is 42.5 Å². The van der Waals surface area contributed by atoms with Gasteiger partial charge in [0, 0.05) is 24.5 Å². The van der Waals surface area contributed by atoms with Crippen LogP contribution in [0.1, 0.15) is 0 Å². The van der Waals surface area contributed by atoms with Crippen LogP contribution in [0.4, 0.5) is 26.1 Å². The van der Waals surface area contributed by atoms with E-state index < -0.39 is 0 Å². The maximum absolute atomic E-state index is 14.0. The third kappa shape index (κ3) is 3.65. The van der Waals surface area contributed by atoms with Crippen molar-refractivity contribution in [3.05, 3.63) is 60.4 Å². The number of ether oxygens (including phenoxy) is 1. The molecule has 6 nitrogen and oxygen atoms in total. The molecule has 4 rings (SSSR count). The third-order valence-electron chi connectivity index (χ3n) is 4.10. The van der Waals surface area contributed by atoms with Gasteiger partial charge in [-0.15, -0.1) is 5.10 Å². The Balaban J connectivity index is 1.54. The van der Waals surface area contributed by atoms with Crippen molar-refractivity contribution >= 4 is 17.3 Å². The van der Waals surface area contributed by atoms with Crippen LogP contribution in [0.25, 0.3) is 5.69 Å². The molecular formula is C18H17F2N5O. The van der Waals surface area contributed by atoms with Gasteiger partial charge in [0.25, 0.3) is 0 Å². The first-order chi connectivity index (χ1) is 12.7. The monoisotopic (exact) mass is 357 g/mol. The summed E-state index contributed by atoms with van der Waals surface area (Å²) in [5.74, 6) is -0.329. The SMILES string of the molecule is Fc1ccc(-n2cnc(Nc3cc(F)cc(N4CCOCC4)c3)n2)cc1. The lowest BCUT2D eigenvalue weighted by atomic mass is 10.2. The number of hydrogen-bond acceptors (Lipinski definition) is 5. The summed E-state index contributed by atoms with van der Waals surface area (Å²) < 4.78 is 33.9. The molecule has 1 aromatic heterocycles. The zero-order valence-corrected chi connectivity index (χ0v) is 13.9. The van der Waals surface area contributed by atoms with Gasteiger partial charge in [-0.1, -0.05) is 0 Å². The molecule has 2 aromatic carbocycles. The Hall–Kier alpha value is -3.00. The molecule has 0 unspecified atom stereocenters. The Bertz CT molecular complexity index is 891. The molecular weight excluding hydrogens is 340 g/mol. The van der Waals surface area contributed by atoms with Crippen LogP contribution < -0.4 is 10.2 Å². The average Bonchev–Trinajstić information content (AvgIpc) is 3.11. The minimum absolute atomic E-state index is 0.317. The van der Waals surface area contributed by atoms with Crippen LogP contribution in [0.3, 0.4) is 0 Å². The number of nitrogens with zero attached hydrogens (tertiary/aromatic N) is 4. The van der Waals surface area contributed by atoms with E-state index in [2.05, 4.69) is 20.3 Å². The second-order valence-electron chi connectivity index (χ2n) is 5.91. The summed E-state index contributed by atoms with van der Waals surface area (Å²) in [6.07, 6.45) is 1.51. The van der Waals surface area contributed by atoms with E-state index >= 15 is 0 Å². The molecule has 0 amide bonds. The van der Waals surface area contributed by atoms with Crippen LogP contribution >= 0.6 is 0 Å². The molecule has 26 heavy (non-hydrogen) atoms.